The lowest BCUT2D eigenvalue weighted by atomic mass is 9.96. The van der Waals surface area contributed by atoms with Gasteiger partial charge in [-0.1, -0.05) is 48.9 Å². The van der Waals surface area contributed by atoms with Crippen LogP contribution in [0.25, 0.3) is 5.65 Å². The normalized spacial score (nSPS) is 12.7. The number of benzene rings is 1. The van der Waals surface area contributed by atoms with Crippen LogP contribution in [0.5, 0.6) is 0 Å². The highest BCUT2D eigenvalue weighted by Crippen LogP contribution is 2.26. The van der Waals surface area contributed by atoms with Gasteiger partial charge in [-0.25, -0.2) is 4.98 Å². The molecule has 5 heteroatoms. The molecule has 96 valence electrons. The first kappa shape index (κ1) is 12.1. The van der Waals surface area contributed by atoms with Gasteiger partial charge in [0.1, 0.15) is 17.3 Å². The maximum absolute atomic E-state index is 5.87. The lowest BCUT2D eigenvalue weighted by molar-refractivity contribution is 0.703. The van der Waals surface area contributed by atoms with Gasteiger partial charge in [-0.2, -0.15) is 0 Å². The van der Waals surface area contributed by atoms with Crippen molar-refractivity contribution < 1.29 is 0 Å². The van der Waals surface area contributed by atoms with Crippen LogP contribution in [0.4, 0.5) is 0 Å². The van der Waals surface area contributed by atoms with E-state index in [1.807, 2.05) is 22.6 Å². The number of rotatable bonds is 3. The Morgan fingerprint density at radius 3 is 2.74 bits per heavy atom. The number of aromatic nitrogens is 4. The fraction of sp³-hybridized carbons (Fsp3) is 0.214. The van der Waals surface area contributed by atoms with E-state index in [2.05, 4.69) is 34.2 Å². The Hall–Kier alpha value is -1.94. The van der Waals surface area contributed by atoms with Crippen LogP contribution >= 0.6 is 11.6 Å². The topological polar surface area (TPSA) is 43.1 Å². The van der Waals surface area contributed by atoms with Crippen molar-refractivity contribution in [2.24, 2.45) is 0 Å². The van der Waals surface area contributed by atoms with Crippen LogP contribution in [-0.4, -0.2) is 19.6 Å². The van der Waals surface area contributed by atoms with Crippen molar-refractivity contribution in [2.45, 2.75) is 19.3 Å². The van der Waals surface area contributed by atoms with Gasteiger partial charge in [0.25, 0.3) is 0 Å². The van der Waals surface area contributed by atoms with Crippen molar-refractivity contribution >= 4 is 17.2 Å². The molecule has 4 nitrogen and oxygen atoms in total. The molecule has 0 radical (unpaired) electrons. The molecule has 0 aliphatic heterocycles. The van der Waals surface area contributed by atoms with Gasteiger partial charge in [-0.15, -0.1) is 10.2 Å². The lowest BCUT2D eigenvalue weighted by Crippen LogP contribution is -2.05. The van der Waals surface area contributed by atoms with Crippen molar-refractivity contribution in [3.05, 3.63) is 59.3 Å². The van der Waals surface area contributed by atoms with Gasteiger partial charge in [0.05, 0.1) is 0 Å². The van der Waals surface area contributed by atoms with E-state index in [-0.39, 0.29) is 5.92 Å². The predicted molar refractivity (Wildman–Crippen MR) is 74.4 cm³/mol. The van der Waals surface area contributed by atoms with E-state index in [0.29, 0.717) is 5.15 Å². The molecule has 0 amide bonds. The van der Waals surface area contributed by atoms with Gasteiger partial charge < -0.3 is 0 Å². The minimum absolute atomic E-state index is 0.208. The van der Waals surface area contributed by atoms with E-state index >= 15 is 0 Å². The van der Waals surface area contributed by atoms with Gasteiger partial charge in [-0.05, 0) is 12.0 Å². The first-order valence-electron chi connectivity index (χ1n) is 6.20. The van der Waals surface area contributed by atoms with Crippen molar-refractivity contribution in [1.29, 1.82) is 0 Å². The summed E-state index contributed by atoms with van der Waals surface area (Å²) >= 11 is 5.87. The van der Waals surface area contributed by atoms with E-state index in [1.165, 1.54) is 5.56 Å². The SMILES string of the molecule is CCC(c1ccccc1)c1nnc2cc(Cl)ncn12. The van der Waals surface area contributed by atoms with E-state index in [0.717, 1.165) is 17.9 Å². The molecular formula is C14H13ClN4. The third kappa shape index (κ3) is 2.19. The van der Waals surface area contributed by atoms with E-state index in [9.17, 15) is 0 Å². The molecule has 0 aliphatic rings. The Bertz CT molecular complexity index is 693. The van der Waals surface area contributed by atoms with Crippen LogP contribution in [0.1, 0.15) is 30.7 Å². The van der Waals surface area contributed by atoms with Crippen LogP contribution < -0.4 is 0 Å². The highest BCUT2D eigenvalue weighted by atomic mass is 35.5. The molecule has 0 spiro atoms. The average Bonchev–Trinajstić information content (AvgIpc) is 2.84. The first-order valence-corrected chi connectivity index (χ1v) is 6.58. The average molecular weight is 273 g/mol. The smallest absolute Gasteiger partial charge is 0.165 e. The van der Waals surface area contributed by atoms with Crippen molar-refractivity contribution in [3.8, 4) is 0 Å². The maximum Gasteiger partial charge on any atom is 0.165 e. The molecule has 0 N–H and O–H groups in total. The van der Waals surface area contributed by atoms with Gasteiger partial charge in [0.2, 0.25) is 0 Å². The molecule has 0 bridgehead atoms. The zero-order valence-corrected chi connectivity index (χ0v) is 11.2. The third-order valence-electron chi connectivity index (χ3n) is 3.22. The van der Waals surface area contributed by atoms with Gasteiger partial charge in [-0.3, -0.25) is 4.40 Å². The molecule has 3 aromatic rings. The molecule has 1 atom stereocenters. The summed E-state index contributed by atoms with van der Waals surface area (Å²) in [4.78, 5) is 4.10. The molecule has 0 saturated carbocycles. The number of nitrogens with zero attached hydrogens (tertiary/aromatic N) is 4. The second-order valence-electron chi connectivity index (χ2n) is 4.37. The molecule has 2 aromatic heterocycles. The highest BCUT2D eigenvalue weighted by molar-refractivity contribution is 6.29. The third-order valence-corrected chi connectivity index (χ3v) is 3.42. The van der Waals surface area contributed by atoms with Crippen LogP contribution in [0, 0.1) is 0 Å². The number of hydrogen-bond acceptors (Lipinski definition) is 3. The van der Waals surface area contributed by atoms with Crippen LogP contribution in [0.15, 0.2) is 42.7 Å². The van der Waals surface area contributed by atoms with E-state index in [4.69, 9.17) is 11.6 Å². The van der Waals surface area contributed by atoms with Gasteiger partial charge in [0.15, 0.2) is 5.65 Å². The fourth-order valence-electron chi connectivity index (χ4n) is 2.28. The second kappa shape index (κ2) is 4.97. The zero-order valence-electron chi connectivity index (χ0n) is 10.5. The first-order chi connectivity index (χ1) is 9.29. The molecule has 2 heterocycles. The van der Waals surface area contributed by atoms with Gasteiger partial charge >= 0.3 is 0 Å². The summed E-state index contributed by atoms with van der Waals surface area (Å²) < 4.78 is 1.90. The molecule has 0 fully saturated rings. The molecule has 1 unspecified atom stereocenters. The molecule has 19 heavy (non-hydrogen) atoms. The van der Waals surface area contributed by atoms with Crippen LogP contribution in [0.2, 0.25) is 5.15 Å². The summed E-state index contributed by atoms with van der Waals surface area (Å²) in [6.07, 6.45) is 2.63. The Morgan fingerprint density at radius 2 is 2.00 bits per heavy atom. The zero-order chi connectivity index (χ0) is 13.2. The van der Waals surface area contributed by atoms with Gasteiger partial charge in [0, 0.05) is 12.0 Å². The Morgan fingerprint density at radius 1 is 1.21 bits per heavy atom. The molecule has 0 aliphatic carbocycles. The molecule has 0 saturated heterocycles. The Labute approximate surface area is 116 Å². The largest absolute Gasteiger partial charge is 0.269 e. The quantitative estimate of drug-likeness (QED) is 0.687. The minimum atomic E-state index is 0.208. The van der Waals surface area contributed by atoms with E-state index in [1.54, 1.807) is 12.4 Å². The molecular weight excluding hydrogens is 260 g/mol. The molecule has 1 aromatic carbocycles. The maximum atomic E-state index is 5.87. The Kier molecular flexibility index (Phi) is 3.17. The predicted octanol–water partition coefficient (Wildman–Crippen LogP) is 3.32. The number of fused-ring (bicyclic) bond motifs is 1. The lowest BCUT2D eigenvalue weighted by Gasteiger charge is -2.13. The van der Waals surface area contributed by atoms with Crippen molar-refractivity contribution in [2.75, 3.05) is 0 Å². The summed E-state index contributed by atoms with van der Waals surface area (Å²) in [5, 5.41) is 8.89. The second-order valence-corrected chi connectivity index (χ2v) is 4.76. The minimum Gasteiger partial charge on any atom is -0.269 e. The van der Waals surface area contributed by atoms with Crippen LogP contribution in [0.3, 0.4) is 0 Å². The number of halogens is 1. The monoisotopic (exact) mass is 272 g/mol. The highest BCUT2D eigenvalue weighted by Gasteiger charge is 2.18. The summed E-state index contributed by atoms with van der Waals surface area (Å²) in [6, 6.07) is 12.0. The summed E-state index contributed by atoms with van der Waals surface area (Å²) in [6.45, 7) is 2.14. The summed E-state index contributed by atoms with van der Waals surface area (Å²) in [7, 11) is 0. The van der Waals surface area contributed by atoms with E-state index < -0.39 is 0 Å². The molecule has 3 rings (SSSR count). The number of hydrogen-bond donors (Lipinski definition) is 0. The van der Waals surface area contributed by atoms with Crippen LogP contribution in [-0.2, 0) is 0 Å². The van der Waals surface area contributed by atoms with Crippen molar-refractivity contribution in [3.63, 3.8) is 0 Å². The standard InChI is InChI=1S/C14H13ClN4/c1-2-11(10-6-4-3-5-7-10)14-18-17-13-8-12(15)16-9-19(13)14/h3-9,11H,2H2,1H3. The van der Waals surface area contributed by atoms with Crippen molar-refractivity contribution in [1.82, 2.24) is 19.6 Å². The fourth-order valence-corrected chi connectivity index (χ4v) is 2.42. The Balaban J connectivity index is 2.12. The summed E-state index contributed by atoms with van der Waals surface area (Å²) in [5.74, 6) is 1.10. The summed E-state index contributed by atoms with van der Waals surface area (Å²) in [5.41, 5.74) is 1.96.